The molecule has 0 saturated heterocycles. The van der Waals surface area contributed by atoms with Crippen LogP contribution in [0.4, 0.5) is 20.3 Å². The van der Waals surface area contributed by atoms with Crippen molar-refractivity contribution in [2.24, 2.45) is 0 Å². The Morgan fingerprint density at radius 1 is 1.14 bits per heavy atom. The van der Waals surface area contributed by atoms with Gasteiger partial charge in [-0.1, -0.05) is 0 Å². The SMILES string of the molecule is Cc1cc(F)c(C(C)Nc2ccc(N(C)C)nc2)cc1F. The van der Waals surface area contributed by atoms with E-state index in [1.54, 1.807) is 20.0 Å². The highest BCUT2D eigenvalue weighted by Crippen LogP contribution is 2.24. The molecule has 21 heavy (non-hydrogen) atoms. The fourth-order valence-corrected chi connectivity index (χ4v) is 2.06. The summed E-state index contributed by atoms with van der Waals surface area (Å²) in [5, 5.41) is 3.12. The van der Waals surface area contributed by atoms with Crippen molar-refractivity contribution in [2.45, 2.75) is 19.9 Å². The molecule has 1 aromatic carbocycles. The second kappa shape index (κ2) is 6.08. The standard InChI is InChI=1S/C16H19F2N3/c1-10-7-15(18)13(8-14(10)17)11(2)20-12-5-6-16(19-9-12)21(3)4/h5-9,11,20H,1-4H3. The highest BCUT2D eigenvalue weighted by atomic mass is 19.1. The molecule has 0 aliphatic heterocycles. The third kappa shape index (κ3) is 3.48. The number of rotatable bonds is 4. The van der Waals surface area contributed by atoms with E-state index in [9.17, 15) is 8.78 Å². The number of nitrogens with zero attached hydrogens (tertiary/aromatic N) is 2. The van der Waals surface area contributed by atoms with E-state index < -0.39 is 11.6 Å². The molecule has 1 unspecified atom stereocenters. The quantitative estimate of drug-likeness (QED) is 0.925. The number of aryl methyl sites for hydroxylation is 1. The van der Waals surface area contributed by atoms with Crippen LogP contribution in [0.25, 0.3) is 0 Å². The summed E-state index contributed by atoms with van der Waals surface area (Å²) in [7, 11) is 3.81. The molecule has 112 valence electrons. The van der Waals surface area contributed by atoms with E-state index in [2.05, 4.69) is 10.3 Å². The maximum absolute atomic E-state index is 13.9. The minimum Gasteiger partial charge on any atom is -0.377 e. The van der Waals surface area contributed by atoms with Crippen molar-refractivity contribution < 1.29 is 8.78 Å². The first-order valence-electron chi connectivity index (χ1n) is 6.74. The highest BCUT2D eigenvalue weighted by Gasteiger charge is 2.14. The van der Waals surface area contributed by atoms with Crippen molar-refractivity contribution in [1.29, 1.82) is 0 Å². The zero-order chi connectivity index (χ0) is 15.6. The molecule has 0 radical (unpaired) electrons. The molecule has 1 N–H and O–H groups in total. The largest absolute Gasteiger partial charge is 0.377 e. The van der Waals surface area contributed by atoms with Crippen LogP contribution in [-0.2, 0) is 0 Å². The second-order valence-corrected chi connectivity index (χ2v) is 5.29. The average molecular weight is 291 g/mol. The van der Waals surface area contributed by atoms with Crippen molar-refractivity contribution in [1.82, 2.24) is 4.98 Å². The summed E-state index contributed by atoms with van der Waals surface area (Å²) in [5.74, 6) is 0.0219. The van der Waals surface area contributed by atoms with Crippen LogP contribution < -0.4 is 10.2 Å². The minimum atomic E-state index is -0.410. The predicted octanol–water partition coefficient (Wildman–Crippen LogP) is 3.91. The van der Waals surface area contributed by atoms with Crippen LogP contribution in [0.15, 0.2) is 30.5 Å². The first-order chi connectivity index (χ1) is 9.88. The van der Waals surface area contributed by atoms with Crippen molar-refractivity contribution in [3.8, 4) is 0 Å². The van der Waals surface area contributed by atoms with Gasteiger partial charge in [0.15, 0.2) is 0 Å². The number of aromatic nitrogens is 1. The molecule has 5 heteroatoms. The summed E-state index contributed by atoms with van der Waals surface area (Å²) in [6, 6.07) is 5.83. The van der Waals surface area contributed by atoms with Crippen molar-refractivity contribution in [2.75, 3.05) is 24.3 Å². The van der Waals surface area contributed by atoms with E-state index >= 15 is 0 Å². The van der Waals surface area contributed by atoms with E-state index in [1.165, 1.54) is 12.1 Å². The second-order valence-electron chi connectivity index (χ2n) is 5.29. The van der Waals surface area contributed by atoms with Crippen LogP contribution in [0.1, 0.15) is 24.1 Å². The lowest BCUT2D eigenvalue weighted by Gasteiger charge is -2.18. The minimum absolute atomic E-state index is 0.301. The smallest absolute Gasteiger partial charge is 0.128 e. The summed E-state index contributed by atoms with van der Waals surface area (Å²) in [4.78, 5) is 6.17. The molecule has 1 heterocycles. The molecule has 0 fully saturated rings. The molecule has 0 saturated carbocycles. The number of hydrogen-bond acceptors (Lipinski definition) is 3. The zero-order valence-corrected chi connectivity index (χ0v) is 12.6. The van der Waals surface area contributed by atoms with Gasteiger partial charge in [0.1, 0.15) is 17.5 Å². The fourth-order valence-electron chi connectivity index (χ4n) is 2.06. The maximum atomic E-state index is 13.9. The first-order valence-corrected chi connectivity index (χ1v) is 6.74. The van der Waals surface area contributed by atoms with E-state index in [4.69, 9.17) is 0 Å². The normalized spacial score (nSPS) is 12.1. The lowest BCUT2D eigenvalue weighted by Crippen LogP contribution is -2.12. The summed E-state index contributed by atoms with van der Waals surface area (Å²) < 4.78 is 27.5. The maximum Gasteiger partial charge on any atom is 0.128 e. The Labute approximate surface area is 123 Å². The van der Waals surface area contributed by atoms with Gasteiger partial charge < -0.3 is 10.2 Å². The third-order valence-corrected chi connectivity index (χ3v) is 3.33. The number of halogens is 2. The van der Waals surface area contributed by atoms with Crippen molar-refractivity contribution >= 4 is 11.5 Å². The lowest BCUT2D eigenvalue weighted by molar-refractivity contribution is 0.571. The Kier molecular flexibility index (Phi) is 4.40. The van der Waals surface area contributed by atoms with Gasteiger partial charge in [-0.05, 0) is 43.7 Å². The van der Waals surface area contributed by atoms with Crippen LogP contribution >= 0.6 is 0 Å². The molecule has 0 amide bonds. The van der Waals surface area contributed by atoms with E-state index in [0.717, 1.165) is 11.5 Å². The Bertz CT molecular complexity index is 624. The van der Waals surface area contributed by atoms with Gasteiger partial charge in [-0.25, -0.2) is 13.8 Å². The molecule has 0 aliphatic carbocycles. The Balaban J connectivity index is 2.17. The van der Waals surface area contributed by atoms with E-state index in [0.29, 0.717) is 11.1 Å². The van der Waals surface area contributed by atoms with Crippen LogP contribution in [0.3, 0.4) is 0 Å². The summed E-state index contributed by atoms with van der Waals surface area (Å²) in [6.07, 6.45) is 1.67. The van der Waals surface area contributed by atoms with Crippen LogP contribution in [0, 0.1) is 18.6 Å². The molecular weight excluding hydrogens is 272 g/mol. The molecule has 0 spiro atoms. The van der Waals surface area contributed by atoms with E-state index in [-0.39, 0.29) is 6.04 Å². The number of anilines is 2. The molecule has 2 aromatic rings. The van der Waals surface area contributed by atoms with Gasteiger partial charge in [0.05, 0.1) is 17.9 Å². The van der Waals surface area contributed by atoms with Gasteiger partial charge in [-0.15, -0.1) is 0 Å². The van der Waals surface area contributed by atoms with Gasteiger partial charge in [-0.3, -0.25) is 0 Å². The van der Waals surface area contributed by atoms with Crippen LogP contribution in [-0.4, -0.2) is 19.1 Å². The van der Waals surface area contributed by atoms with Crippen molar-refractivity contribution in [3.63, 3.8) is 0 Å². The third-order valence-electron chi connectivity index (χ3n) is 3.33. The van der Waals surface area contributed by atoms with Gasteiger partial charge in [-0.2, -0.15) is 0 Å². The van der Waals surface area contributed by atoms with Gasteiger partial charge in [0.25, 0.3) is 0 Å². The fraction of sp³-hybridized carbons (Fsp3) is 0.312. The van der Waals surface area contributed by atoms with Gasteiger partial charge in [0, 0.05) is 19.7 Å². The molecule has 0 aliphatic rings. The lowest BCUT2D eigenvalue weighted by atomic mass is 10.0. The molecule has 0 bridgehead atoms. The zero-order valence-electron chi connectivity index (χ0n) is 12.6. The highest BCUT2D eigenvalue weighted by molar-refractivity contribution is 5.49. The Morgan fingerprint density at radius 2 is 1.86 bits per heavy atom. The molecule has 3 nitrogen and oxygen atoms in total. The molecular formula is C16H19F2N3. The summed E-state index contributed by atoms with van der Waals surface area (Å²) in [5.41, 5.74) is 1.36. The van der Waals surface area contributed by atoms with Crippen LogP contribution in [0.2, 0.25) is 0 Å². The molecule has 2 rings (SSSR count). The molecule has 1 atom stereocenters. The summed E-state index contributed by atoms with van der Waals surface area (Å²) >= 11 is 0. The monoisotopic (exact) mass is 291 g/mol. The number of benzene rings is 1. The first kappa shape index (κ1) is 15.2. The summed E-state index contributed by atoms with van der Waals surface area (Å²) in [6.45, 7) is 3.33. The average Bonchev–Trinajstić information content (AvgIpc) is 2.43. The number of hydrogen-bond donors (Lipinski definition) is 1. The Hall–Kier alpha value is -2.17. The topological polar surface area (TPSA) is 28.2 Å². The van der Waals surface area contributed by atoms with Gasteiger partial charge in [0.2, 0.25) is 0 Å². The Morgan fingerprint density at radius 3 is 2.43 bits per heavy atom. The van der Waals surface area contributed by atoms with Gasteiger partial charge >= 0.3 is 0 Å². The van der Waals surface area contributed by atoms with E-state index in [1.807, 2.05) is 31.1 Å². The number of pyridine rings is 1. The molecule has 1 aromatic heterocycles. The van der Waals surface area contributed by atoms with Crippen molar-refractivity contribution in [3.05, 3.63) is 53.2 Å². The number of nitrogens with one attached hydrogen (secondary N) is 1. The predicted molar refractivity (Wildman–Crippen MR) is 81.7 cm³/mol. The van der Waals surface area contributed by atoms with Crippen LogP contribution in [0.5, 0.6) is 0 Å².